The summed E-state index contributed by atoms with van der Waals surface area (Å²) < 4.78 is 42.5. The number of carbonyl (C=O) groups excluding carboxylic acids is 2. The van der Waals surface area contributed by atoms with Gasteiger partial charge in [0.1, 0.15) is 5.70 Å². The minimum atomic E-state index is -3.98. The van der Waals surface area contributed by atoms with Crippen LogP contribution in [-0.4, -0.2) is 69.6 Å². The second-order valence-electron chi connectivity index (χ2n) is 6.38. The fourth-order valence-electron chi connectivity index (χ4n) is 2.71. The number of imide groups is 1. The number of hydrogen-bond donors (Lipinski definition) is 2. The Bertz CT molecular complexity index is 1130. The van der Waals surface area contributed by atoms with Crippen LogP contribution in [0, 0.1) is 0 Å². The molecule has 0 fully saturated rings. The zero-order chi connectivity index (χ0) is 23.3. The monoisotopic (exact) mass is 463 g/mol. The summed E-state index contributed by atoms with van der Waals surface area (Å²) in [5, 5.41) is 2.83. The fourth-order valence-corrected chi connectivity index (χ4v) is 3.71. The number of carbonyl (C=O) groups is 2. The average Bonchev–Trinajstić information content (AvgIpc) is 3.04. The SMILES string of the molecule is COCCN1C(=O)C=C(Nc2ccc(S(=O)(=O)Nc3cc(OC)nc(OC)n3)cc2)C1=O. The van der Waals surface area contributed by atoms with Crippen LogP contribution >= 0.6 is 0 Å². The number of rotatable bonds is 10. The quantitative estimate of drug-likeness (QED) is 0.480. The maximum Gasteiger partial charge on any atom is 0.321 e. The molecule has 1 aliphatic rings. The van der Waals surface area contributed by atoms with Crippen molar-refractivity contribution in [2.45, 2.75) is 4.90 Å². The maximum absolute atomic E-state index is 12.7. The van der Waals surface area contributed by atoms with Gasteiger partial charge >= 0.3 is 6.01 Å². The molecular formula is C19H21N5O7S. The van der Waals surface area contributed by atoms with E-state index in [9.17, 15) is 18.0 Å². The van der Waals surface area contributed by atoms with Gasteiger partial charge in [0, 0.05) is 24.9 Å². The van der Waals surface area contributed by atoms with Crippen LogP contribution < -0.4 is 19.5 Å². The molecule has 0 bridgehead atoms. The molecule has 2 aromatic rings. The highest BCUT2D eigenvalue weighted by Crippen LogP contribution is 2.23. The summed E-state index contributed by atoms with van der Waals surface area (Å²) in [5.41, 5.74) is 0.510. The lowest BCUT2D eigenvalue weighted by Crippen LogP contribution is -2.34. The van der Waals surface area contributed by atoms with E-state index in [1.54, 1.807) is 0 Å². The molecule has 2 amide bonds. The predicted molar refractivity (Wildman–Crippen MR) is 113 cm³/mol. The molecule has 0 spiro atoms. The molecule has 0 saturated heterocycles. The van der Waals surface area contributed by atoms with Crippen molar-refractivity contribution in [3.63, 3.8) is 0 Å². The van der Waals surface area contributed by atoms with Crippen molar-refractivity contribution in [1.82, 2.24) is 14.9 Å². The normalized spacial score (nSPS) is 13.7. The third-order valence-corrected chi connectivity index (χ3v) is 5.66. The van der Waals surface area contributed by atoms with Crippen LogP contribution in [0.5, 0.6) is 11.9 Å². The second kappa shape index (κ2) is 9.62. The Hall–Kier alpha value is -3.71. The molecule has 32 heavy (non-hydrogen) atoms. The van der Waals surface area contributed by atoms with E-state index in [2.05, 4.69) is 20.0 Å². The van der Waals surface area contributed by atoms with Gasteiger partial charge in [0.05, 0.1) is 32.3 Å². The Balaban J connectivity index is 1.72. The van der Waals surface area contributed by atoms with Crippen LogP contribution in [0.25, 0.3) is 0 Å². The number of nitrogens with one attached hydrogen (secondary N) is 2. The first-order valence-electron chi connectivity index (χ1n) is 9.21. The summed E-state index contributed by atoms with van der Waals surface area (Å²) in [5.74, 6) is -0.851. The Morgan fingerprint density at radius 1 is 1.03 bits per heavy atom. The smallest absolute Gasteiger partial charge is 0.321 e. The Morgan fingerprint density at radius 3 is 2.38 bits per heavy atom. The fraction of sp³-hybridized carbons (Fsp3) is 0.263. The number of aromatic nitrogens is 2. The molecule has 1 aromatic heterocycles. The summed E-state index contributed by atoms with van der Waals surface area (Å²) in [6, 6.07) is 6.85. The first-order chi connectivity index (χ1) is 15.3. The third kappa shape index (κ3) is 5.12. The van der Waals surface area contributed by atoms with Crippen LogP contribution in [0.3, 0.4) is 0 Å². The molecular weight excluding hydrogens is 442 g/mol. The van der Waals surface area contributed by atoms with E-state index in [1.165, 1.54) is 57.7 Å². The minimum Gasteiger partial charge on any atom is -0.481 e. The van der Waals surface area contributed by atoms with Gasteiger partial charge in [-0.2, -0.15) is 9.97 Å². The third-order valence-electron chi connectivity index (χ3n) is 4.28. The van der Waals surface area contributed by atoms with E-state index in [0.29, 0.717) is 5.69 Å². The molecule has 2 N–H and O–H groups in total. The lowest BCUT2D eigenvalue weighted by atomic mass is 10.3. The molecule has 1 aromatic carbocycles. The Labute approximate surface area is 184 Å². The summed E-state index contributed by atoms with van der Waals surface area (Å²) in [6.07, 6.45) is 1.18. The molecule has 3 rings (SSSR count). The van der Waals surface area contributed by atoms with Crippen molar-refractivity contribution in [2.24, 2.45) is 0 Å². The van der Waals surface area contributed by atoms with Crippen LogP contribution in [0.4, 0.5) is 11.5 Å². The van der Waals surface area contributed by atoms with Gasteiger partial charge in [-0.25, -0.2) is 8.42 Å². The number of hydrogen-bond acceptors (Lipinski definition) is 10. The van der Waals surface area contributed by atoms with Gasteiger partial charge in [0.2, 0.25) is 5.88 Å². The van der Waals surface area contributed by atoms with Crippen molar-refractivity contribution in [1.29, 1.82) is 0 Å². The van der Waals surface area contributed by atoms with Gasteiger partial charge in [0.15, 0.2) is 5.82 Å². The molecule has 12 nitrogen and oxygen atoms in total. The molecule has 0 atom stereocenters. The first kappa shape index (κ1) is 23.0. The van der Waals surface area contributed by atoms with E-state index < -0.39 is 21.8 Å². The highest BCUT2D eigenvalue weighted by atomic mass is 32.2. The van der Waals surface area contributed by atoms with Crippen molar-refractivity contribution in [3.8, 4) is 11.9 Å². The van der Waals surface area contributed by atoms with Gasteiger partial charge in [-0.15, -0.1) is 0 Å². The molecule has 13 heteroatoms. The average molecular weight is 463 g/mol. The highest BCUT2D eigenvalue weighted by molar-refractivity contribution is 7.92. The van der Waals surface area contributed by atoms with Crippen molar-refractivity contribution in [2.75, 3.05) is 44.5 Å². The molecule has 1 aliphatic heterocycles. The summed E-state index contributed by atoms with van der Waals surface area (Å²) in [4.78, 5) is 33.1. The van der Waals surface area contributed by atoms with Crippen molar-refractivity contribution in [3.05, 3.63) is 42.1 Å². The summed E-state index contributed by atoms with van der Waals surface area (Å²) >= 11 is 0. The van der Waals surface area contributed by atoms with E-state index in [0.717, 1.165) is 4.90 Å². The van der Waals surface area contributed by atoms with Gasteiger partial charge in [-0.05, 0) is 24.3 Å². The first-order valence-corrected chi connectivity index (χ1v) is 10.7. The molecule has 0 radical (unpaired) electrons. The predicted octanol–water partition coefficient (Wildman–Crippen LogP) is 0.606. The number of benzene rings is 1. The van der Waals surface area contributed by atoms with Crippen molar-refractivity contribution < 1.29 is 32.2 Å². The van der Waals surface area contributed by atoms with Crippen LogP contribution in [0.2, 0.25) is 0 Å². The number of sulfonamides is 1. The molecule has 2 heterocycles. The minimum absolute atomic E-state index is 0.0349. The van der Waals surface area contributed by atoms with Gasteiger partial charge < -0.3 is 19.5 Å². The molecule has 0 unspecified atom stereocenters. The number of anilines is 2. The van der Waals surface area contributed by atoms with Gasteiger partial charge in [-0.1, -0.05) is 0 Å². The lowest BCUT2D eigenvalue weighted by molar-refractivity contribution is -0.137. The second-order valence-corrected chi connectivity index (χ2v) is 8.07. The zero-order valence-corrected chi connectivity index (χ0v) is 18.3. The van der Waals surface area contributed by atoms with Crippen LogP contribution in [-0.2, 0) is 24.3 Å². The molecule has 0 aliphatic carbocycles. The number of nitrogens with zero attached hydrogens (tertiary/aromatic N) is 3. The van der Waals surface area contributed by atoms with Crippen LogP contribution in [0.1, 0.15) is 0 Å². The molecule has 170 valence electrons. The van der Waals surface area contributed by atoms with Gasteiger partial charge in [-0.3, -0.25) is 19.2 Å². The topological polar surface area (TPSA) is 149 Å². The number of methoxy groups -OCH3 is 3. The highest BCUT2D eigenvalue weighted by Gasteiger charge is 2.30. The van der Waals surface area contributed by atoms with Crippen molar-refractivity contribution >= 4 is 33.3 Å². The lowest BCUT2D eigenvalue weighted by Gasteiger charge is -2.14. The van der Waals surface area contributed by atoms with Gasteiger partial charge in [0.25, 0.3) is 21.8 Å². The van der Waals surface area contributed by atoms with E-state index >= 15 is 0 Å². The Morgan fingerprint density at radius 2 is 1.75 bits per heavy atom. The number of amides is 2. The van der Waals surface area contributed by atoms with E-state index in [1.807, 2.05) is 0 Å². The maximum atomic E-state index is 12.7. The van der Waals surface area contributed by atoms with E-state index in [4.69, 9.17) is 14.2 Å². The summed E-state index contributed by atoms with van der Waals surface area (Å²) in [6.45, 7) is 0.361. The standard InChI is InChI=1S/C19H21N5O7S/c1-29-9-8-24-17(25)10-14(18(24)26)20-12-4-6-13(7-5-12)32(27,28)23-15-11-16(30-2)22-19(21-15)31-3/h4-7,10-11,20H,8-9H2,1-3H3,(H,21,22,23). The number of ether oxygens (including phenoxy) is 3. The summed E-state index contributed by atoms with van der Waals surface area (Å²) in [7, 11) is 0.206. The molecule has 0 saturated carbocycles. The largest absolute Gasteiger partial charge is 0.481 e. The Kier molecular flexibility index (Phi) is 6.90. The van der Waals surface area contributed by atoms with E-state index in [-0.39, 0.29) is 41.5 Å². The van der Waals surface area contributed by atoms with Crippen LogP contribution in [0.15, 0.2) is 47.0 Å². The zero-order valence-electron chi connectivity index (χ0n) is 17.5.